The lowest BCUT2D eigenvalue weighted by Gasteiger charge is -2.11. The minimum atomic E-state index is 0.133. The van der Waals surface area contributed by atoms with Gasteiger partial charge in [0.15, 0.2) is 0 Å². The summed E-state index contributed by atoms with van der Waals surface area (Å²) >= 11 is 0. The molecule has 0 unspecified atom stereocenters. The number of ether oxygens (including phenoxy) is 1. The number of carbonyl (C=O) groups is 1. The summed E-state index contributed by atoms with van der Waals surface area (Å²) in [5.41, 5.74) is 4.78. The Morgan fingerprint density at radius 3 is 2.43 bits per heavy atom. The van der Waals surface area contributed by atoms with E-state index in [-0.39, 0.29) is 5.91 Å². The molecule has 0 atom stereocenters. The molecule has 0 aliphatic heterocycles. The van der Waals surface area contributed by atoms with Crippen LogP contribution in [-0.4, -0.2) is 28.6 Å². The van der Waals surface area contributed by atoms with Gasteiger partial charge in [-0.2, -0.15) is 0 Å². The molecule has 194 valence electrons. The first-order valence-electron chi connectivity index (χ1n) is 13.7. The molecular formula is C32H39N3O2. The van der Waals surface area contributed by atoms with E-state index in [4.69, 9.17) is 9.72 Å². The summed E-state index contributed by atoms with van der Waals surface area (Å²) < 4.78 is 8.33. The monoisotopic (exact) mass is 497 g/mol. The van der Waals surface area contributed by atoms with Gasteiger partial charge in [-0.3, -0.25) is 4.79 Å². The highest BCUT2D eigenvalue weighted by Gasteiger charge is 2.10. The number of aromatic nitrogens is 2. The lowest BCUT2D eigenvalue weighted by atomic mass is 10.1. The molecule has 3 aromatic carbocycles. The highest BCUT2D eigenvalue weighted by Crippen LogP contribution is 2.19. The molecule has 37 heavy (non-hydrogen) atoms. The van der Waals surface area contributed by atoms with E-state index in [1.165, 1.54) is 16.6 Å². The molecule has 0 spiro atoms. The molecule has 0 saturated carbocycles. The van der Waals surface area contributed by atoms with Crippen molar-refractivity contribution in [1.29, 1.82) is 0 Å². The van der Waals surface area contributed by atoms with Gasteiger partial charge in [-0.25, -0.2) is 4.98 Å². The van der Waals surface area contributed by atoms with Gasteiger partial charge in [0, 0.05) is 25.9 Å². The molecular weight excluding hydrogens is 458 g/mol. The van der Waals surface area contributed by atoms with Crippen molar-refractivity contribution in [3.05, 3.63) is 95.8 Å². The van der Waals surface area contributed by atoms with Crippen LogP contribution in [0.5, 0.6) is 5.75 Å². The highest BCUT2D eigenvalue weighted by molar-refractivity contribution is 5.76. The van der Waals surface area contributed by atoms with Gasteiger partial charge in [0.1, 0.15) is 11.6 Å². The fraction of sp³-hybridized carbons (Fsp3) is 0.375. The van der Waals surface area contributed by atoms with Crippen LogP contribution in [0.15, 0.2) is 78.9 Å². The van der Waals surface area contributed by atoms with Crippen LogP contribution >= 0.6 is 0 Å². The molecule has 0 radical (unpaired) electrons. The zero-order valence-corrected chi connectivity index (χ0v) is 22.0. The second-order valence-corrected chi connectivity index (χ2v) is 9.51. The fourth-order valence-corrected chi connectivity index (χ4v) is 4.60. The first-order valence-corrected chi connectivity index (χ1v) is 13.7. The van der Waals surface area contributed by atoms with E-state index in [2.05, 4.69) is 71.4 Å². The van der Waals surface area contributed by atoms with Gasteiger partial charge in [-0.15, -0.1) is 0 Å². The van der Waals surface area contributed by atoms with Gasteiger partial charge in [0.25, 0.3) is 0 Å². The number of aryl methyl sites for hydroxylation is 4. The van der Waals surface area contributed by atoms with Crippen molar-refractivity contribution in [2.24, 2.45) is 0 Å². The molecule has 0 aliphatic carbocycles. The Morgan fingerprint density at radius 2 is 1.62 bits per heavy atom. The Bertz CT molecular complexity index is 1230. The number of hydrogen-bond donors (Lipinski definition) is 1. The maximum Gasteiger partial charge on any atom is 0.220 e. The number of imidazole rings is 1. The van der Waals surface area contributed by atoms with Crippen LogP contribution in [0, 0.1) is 0 Å². The summed E-state index contributed by atoms with van der Waals surface area (Å²) in [5.74, 6) is 2.20. The van der Waals surface area contributed by atoms with Crippen molar-refractivity contribution in [3.63, 3.8) is 0 Å². The highest BCUT2D eigenvalue weighted by atomic mass is 16.5. The second-order valence-electron chi connectivity index (χ2n) is 9.51. The molecule has 4 aromatic rings. The number of carbonyl (C=O) groups excluding carboxylic acids is 1. The molecule has 1 heterocycles. The summed E-state index contributed by atoms with van der Waals surface area (Å²) in [6.07, 6.45) is 7.36. The van der Waals surface area contributed by atoms with E-state index in [0.717, 1.165) is 75.1 Å². The van der Waals surface area contributed by atoms with Crippen molar-refractivity contribution in [2.75, 3.05) is 13.2 Å². The topological polar surface area (TPSA) is 56.1 Å². The number of nitrogens with zero attached hydrogens (tertiary/aromatic N) is 2. The van der Waals surface area contributed by atoms with E-state index in [1.807, 2.05) is 24.3 Å². The molecule has 0 fully saturated rings. The van der Waals surface area contributed by atoms with Gasteiger partial charge in [-0.05, 0) is 67.5 Å². The molecule has 0 aliphatic rings. The third-order valence-corrected chi connectivity index (χ3v) is 6.74. The predicted octanol–water partition coefficient (Wildman–Crippen LogP) is 6.53. The van der Waals surface area contributed by atoms with Crippen molar-refractivity contribution < 1.29 is 9.53 Å². The van der Waals surface area contributed by atoms with Gasteiger partial charge in [-0.1, -0.05) is 67.9 Å². The fourth-order valence-electron chi connectivity index (χ4n) is 4.60. The van der Waals surface area contributed by atoms with Gasteiger partial charge >= 0.3 is 0 Å². The first-order chi connectivity index (χ1) is 18.2. The molecule has 1 amide bonds. The van der Waals surface area contributed by atoms with Crippen LogP contribution in [0.2, 0.25) is 0 Å². The standard InChI is InChI=1S/C32H39N3O2/c1-2-26-17-20-28(21-18-26)37-25-11-24-35-30-15-9-8-14-29(30)34-31(35)16-7-4-10-23-33-32(36)22-19-27-12-5-3-6-13-27/h3,5-6,8-9,12-15,17-18,20-21H,2,4,7,10-11,16,19,22-25H2,1H3,(H,33,36). The van der Waals surface area contributed by atoms with Crippen molar-refractivity contribution in [1.82, 2.24) is 14.9 Å². The lowest BCUT2D eigenvalue weighted by molar-refractivity contribution is -0.121. The lowest BCUT2D eigenvalue weighted by Crippen LogP contribution is -2.24. The normalized spacial score (nSPS) is 11.1. The maximum absolute atomic E-state index is 12.1. The van der Waals surface area contributed by atoms with E-state index in [9.17, 15) is 4.79 Å². The number of benzene rings is 3. The summed E-state index contributed by atoms with van der Waals surface area (Å²) in [6.45, 7) is 4.47. The van der Waals surface area contributed by atoms with Crippen molar-refractivity contribution in [3.8, 4) is 5.75 Å². The third kappa shape index (κ3) is 8.21. The zero-order valence-electron chi connectivity index (χ0n) is 22.0. The minimum absolute atomic E-state index is 0.133. The summed E-state index contributed by atoms with van der Waals surface area (Å²) in [7, 11) is 0. The Labute approximate surface area is 220 Å². The SMILES string of the molecule is CCc1ccc(OCCCn2c(CCCCCNC(=O)CCc3ccccc3)nc3ccccc32)cc1. The Hall–Kier alpha value is -3.60. The van der Waals surface area contributed by atoms with E-state index in [1.54, 1.807) is 0 Å². The van der Waals surface area contributed by atoms with Gasteiger partial charge in [0.2, 0.25) is 5.91 Å². The average molecular weight is 498 g/mol. The summed E-state index contributed by atoms with van der Waals surface area (Å²) in [4.78, 5) is 17.0. The Balaban J connectivity index is 1.18. The van der Waals surface area contributed by atoms with E-state index < -0.39 is 0 Å². The molecule has 1 N–H and O–H groups in total. The van der Waals surface area contributed by atoms with E-state index in [0.29, 0.717) is 13.0 Å². The van der Waals surface area contributed by atoms with Crippen LogP contribution in [0.3, 0.4) is 0 Å². The molecule has 0 saturated heterocycles. The van der Waals surface area contributed by atoms with Crippen LogP contribution in [-0.2, 0) is 30.6 Å². The average Bonchev–Trinajstić information content (AvgIpc) is 3.30. The third-order valence-electron chi connectivity index (χ3n) is 6.74. The quantitative estimate of drug-likeness (QED) is 0.190. The van der Waals surface area contributed by atoms with Crippen molar-refractivity contribution >= 4 is 16.9 Å². The van der Waals surface area contributed by atoms with E-state index >= 15 is 0 Å². The van der Waals surface area contributed by atoms with Gasteiger partial charge < -0.3 is 14.6 Å². The number of fused-ring (bicyclic) bond motifs is 1. The molecule has 1 aromatic heterocycles. The van der Waals surface area contributed by atoms with Gasteiger partial charge in [0.05, 0.1) is 17.6 Å². The smallest absolute Gasteiger partial charge is 0.220 e. The second kappa shape index (κ2) is 14.2. The Morgan fingerprint density at radius 1 is 0.838 bits per heavy atom. The summed E-state index contributed by atoms with van der Waals surface area (Å²) in [5, 5.41) is 3.06. The minimum Gasteiger partial charge on any atom is -0.494 e. The van der Waals surface area contributed by atoms with Crippen LogP contribution in [0.1, 0.15) is 56.0 Å². The number of amides is 1. The van der Waals surface area contributed by atoms with Crippen LogP contribution < -0.4 is 10.1 Å². The number of rotatable bonds is 15. The molecule has 0 bridgehead atoms. The van der Waals surface area contributed by atoms with Crippen molar-refractivity contribution in [2.45, 2.75) is 64.8 Å². The largest absolute Gasteiger partial charge is 0.494 e. The maximum atomic E-state index is 12.1. The number of nitrogens with one attached hydrogen (secondary N) is 1. The predicted molar refractivity (Wildman–Crippen MR) is 151 cm³/mol. The number of unbranched alkanes of at least 4 members (excludes halogenated alkanes) is 2. The Kier molecular flexibility index (Phi) is 10.2. The van der Waals surface area contributed by atoms with Crippen LogP contribution in [0.25, 0.3) is 11.0 Å². The molecule has 5 nitrogen and oxygen atoms in total. The number of hydrogen-bond acceptors (Lipinski definition) is 3. The summed E-state index contributed by atoms with van der Waals surface area (Å²) in [6, 6.07) is 26.9. The van der Waals surface area contributed by atoms with Crippen LogP contribution in [0.4, 0.5) is 0 Å². The zero-order chi connectivity index (χ0) is 25.7. The number of para-hydroxylation sites is 2. The first kappa shape index (κ1) is 26.5. The molecule has 4 rings (SSSR count). The molecule has 5 heteroatoms.